The molecule has 0 spiro atoms. The molecule has 0 saturated carbocycles. The first-order chi connectivity index (χ1) is 5.18. The Morgan fingerprint density at radius 2 is 2.09 bits per heavy atom. The first kappa shape index (κ1) is 7.84. The van der Waals surface area contributed by atoms with E-state index >= 15 is 0 Å². The van der Waals surface area contributed by atoms with E-state index in [0.29, 0.717) is 11.9 Å². The molecule has 0 bridgehead atoms. The molecule has 0 saturated heterocycles. The van der Waals surface area contributed by atoms with Gasteiger partial charge >= 0.3 is 0 Å². The highest BCUT2D eigenvalue weighted by atomic mass is 15.5. The van der Waals surface area contributed by atoms with E-state index in [-0.39, 0.29) is 0 Å². The van der Waals surface area contributed by atoms with E-state index in [0.717, 1.165) is 12.3 Å². The Balaban J connectivity index is 2.39. The first-order valence-corrected chi connectivity index (χ1v) is 3.60. The number of nitrogens with zero attached hydrogens (tertiary/aromatic N) is 2. The minimum atomic E-state index is 0.303. The molecular formula is C6H13N5. The lowest BCUT2D eigenvalue weighted by Gasteiger charge is -2.12. The van der Waals surface area contributed by atoms with E-state index in [1.165, 1.54) is 0 Å². The number of hydrogen-bond acceptors (Lipinski definition) is 5. The minimum Gasteiger partial charge on any atom is -0.367 e. The second-order valence-corrected chi connectivity index (χ2v) is 2.88. The number of nitrogens with one attached hydrogen (secondary N) is 2. The summed E-state index contributed by atoms with van der Waals surface area (Å²) in [6.45, 7) is 4.23. The quantitative estimate of drug-likeness (QED) is 0.515. The fraction of sp³-hybridized carbons (Fsp3) is 0.667. The van der Waals surface area contributed by atoms with Gasteiger partial charge in [-0.3, -0.25) is 5.43 Å². The largest absolute Gasteiger partial charge is 0.367 e. The van der Waals surface area contributed by atoms with Gasteiger partial charge in [0, 0.05) is 6.42 Å². The Morgan fingerprint density at radius 3 is 2.55 bits per heavy atom. The first-order valence-electron chi connectivity index (χ1n) is 3.60. The Bertz CT molecular complexity index is 193. The molecule has 0 aliphatic carbocycles. The van der Waals surface area contributed by atoms with E-state index in [4.69, 9.17) is 5.73 Å². The summed E-state index contributed by atoms with van der Waals surface area (Å²) >= 11 is 0. The molecule has 1 heterocycles. The van der Waals surface area contributed by atoms with Gasteiger partial charge in [-0.25, -0.2) is 5.43 Å². The molecule has 1 aliphatic heterocycles. The lowest BCUT2D eigenvalue weighted by atomic mass is 10.1. The number of hydrogen-bond donors (Lipinski definition) is 3. The van der Waals surface area contributed by atoms with Crippen molar-refractivity contribution >= 4 is 11.8 Å². The zero-order chi connectivity index (χ0) is 8.27. The fourth-order valence-corrected chi connectivity index (χ4v) is 0.777. The Labute approximate surface area is 65.7 Å². The standard InChI is InChI=1S/C6H13N5/c1-4(2)3-5-8-10-6(7)11-9-5/h4H,3H2,1-2H3,(H,8,9)(H3,7,10,11). The number of hydrazone groups is 2. The molecule has 5 heteroatoms. The van der Waals surface area contributed by atoms with Gasteiger partial charge < -0.3 is 5.73 Å². The summed E-state index contributed by atoms with van der Waals surface area (Å²) in [5.74, 6) is 1.70. The van der Waals surface area contributed by atoms with Crippen LogP contribution in [0.5, 0.6) is 0 Å². The molecule has 62 valence electrons. The van der Waals surface area contributed by atoms with Crippen LogP contribution in [0.1, 0.15) is 20.3 Å². The summed E-state index contributed by atoms with van der Waals surface area (Å²) < 4.78 is 0. The minimum absolute atomic E-state index is 0.303. The van der Waals surface area contributed by atoms with Gasteiger partial charge in [-0.15, -0.1) is 5.10 Å². The summed E-state index contributed by atoms with van der Waals surface area (Å²) in [6, 6.07) is 0. The third kappa shape index (κ3) is 2.45. The van der Waals surface area contributed by atoms with E-state index in [2.05, 4.69) is 34.9 Å². The molecular weight excluding hydrogens is 142 g/mol. The lowest BCUT2D eigenvalue weighted by Crippen LogP contribution is -2.38. The molecule has 0 fully saturated rings. The van der Waals surface area contributed by atoms with E-state index in [1.807, 2.05) is 0 Å². The van der Waals surface area contributed by atoms with Crippen molar-refractivity contribution in [2.75, 3.05) is 0 Å². The molecule has 1 aliphatic rings. The normalized spacial score (nSPS) is 16.6. The summed E-state index contributed by atoms with van der Waals surface area (Å²) in [5, 5.41) is 7.72. The smallest absolute Gasteiger partial charge is 0.232 e. The van der Waals surface area contributed by atoms with Gasteiger partial charge in [-0.05, 0) is 5.92 Å². The van der Waals surface area contributed by atoms with Gasteiger partial charge in [0.1, 0.15) is 5.84 Å². The Hall–Kier alpha value is -1.26. The van der Waals surface area contributed by atoms with Gasteiger partial charge in [-0.2, -0.15) is 5.10 Å². The van der Waals surface area contributed by atoms with E-state index in [1.54, 1.807) is 0 Å². The highest BCUT2D eigenvalue weighted by molar-refractivity contribution is 5.89. The van der Waals surface area contributed by atoms with E-state index < -0.39 is 0 Å². The highest BCUT2D eigenvalue weighted by Gasteiger charge is 2.05. The maximum Gasteiger partial charge on any atom is 0.232 e. The maximum atomic E-state index is 5.30. The third-order valence-electron chi connectivity index (χ3n) is 1.21. The van der Waals surface area contributed by atoms with Crippen LogP contribution in [0.25, 0.3) is 0 Å². The monoisotopic (exact) mass is 155 g/mol. The van der Waals surface area contributed by atoms with E-state index in [9.17, 15) is 0 Å². The Morgan fingerprint density at radius 1 is 1.36 bits per heavy atom. The molecule has 0 amide bonds. The summed E-state index contributed by atoms with van der Waals surface area (Å²) in [6.07, 6.45) is 0.879. The van der Waals surface area contributed by atoms with Crippen molar-refractivity contribution in [3.63, 3.8) is 0 Å². The molecule has 0 aromatic rings. The van der Waals surface area contributed by atoms with Crippen molar-refractivity contribution in [3.05, 3.63) is 0 Å². The predicted octanol–water partition coefficient (Wildman–Crippen LogP) is -0.231. The number of amidine groups is 1. The SMILES string of the molecule is CC(C)CC1=NNC(N)=NN1. The van der Waals surface area contributed by atoms with Crippen molar-refractivity contribution in [3.8, 4) is 0 Å². The average Bonchev–Trinajstić information content (AvgIpc) is 1.93. The molecule has 4 N–H and O–H groups in total. The highest BCUT2D eigenvalue weighted by Crippen LogP contribution is 2.00. The van der Waals surface area contributed by atoms with Gasteiger partial charge in [0.15, 0.2) is 0 Å². The number of rotatable bonds is 2. The van der Waals surface area contributed by atoms with Crippen LogP contribution in [0.15, 0.2) is 10.2 Å². The van der Waals surface area contributed by atoms with Crippen LogP contribution in [-0.2, 0) is 0 Å². The summed E-state index contributed by atoms with van der Waals surface area (Å²) in [7, 11) is 0. The number of guanidine groups is 1. The second kappa shape index (κ2) is 3.23. The summed E-state index contributed by atoms with van der Waals surface area (Å²) in [5.41, 5.74) is 10.6. The molecule has 0 radical (unpaired) electrons. The van der Waals surface area contributed by atoms with Crippen LogP contribution in [-0.4, -0.2) is 11.8 Å². The summed E-state index contributed by atoms with van der Waals surface area (Å²) in [4.78, 5) is 0. The van der Waals surface area contributed by atoms with Gasteiger partial charge in [-0.1, -0.05) is 13.8 Å². The predicted molar refractivity (Wildman–Crippen MR) is 44.8 cm³/mol. The van der Waals surface area contributed by atoms with Crippen molar-refractivity contribution in [2.24, 2.45) is 21.9 Å². The molecule has 1 rings (SSSR count). The van der Waals surface area contributed by atoms with Crippen LogP contribution >= 0.6 is 0 Å². The molecule has 11 heavy (non-hydrogen) atoms. The molecule has 0 atom stereocenters. The molecule has 0 unspecified atom stereocenters. The third-order valence-corrected chi connectivity index (χ3v) is 1.21. The lowest BCUT2D eigenvalue weighted by molar-refractivity contribution is 0.660. The maximum absolute atomic E-state index is 5.30. The molecule has 0 aromatic carbocycles. The van der Waals surface area contributed by atoms with Crippen LogP contribution in [0.3, 0.4) is 0 Å². The van der Waals surface area contributed by atoms with Crippen LogP contribution < -0.4 is 16.6 Å². The van der Waals surface area contributed by atoms with Crippen LogP contribution in [0.2, 0.25) is 0 Å². The van der Waals surface area contributed by atoms with Gasteiger partial charge in [0.2, 0.25) is 5.96 Å². The average molecular weight is 155 g/mol. The van der Waals surface area contributed by atoms with Crippen LogP contribution in [0, 0.1) is 5.92 Å². The van der Waals surface area contributed by atoms with Crippen molar-refractivity contribution < 1.29 is 0 Å². The zero-order valence-electron chi connectivity index (χ0n) is 6.76. The van der Waals surface area contributed by atoms with Crippen molar-refractivity contribution in [1.29, 1.82) is 0 Å². The molecule has 5 nitrogen and oxygen atoms in total. The molecule has 0 aromatic heterocycles. The number of nitrogens with two attached hydrogens (primary N) is 1. The topological polar surface area (TPSA) is 74.8 Å². The second-order valence-electron chi connectivity index (χ2n) is 2.88. The fourth-order valence-electron chi connectivity index (χ4n) is 0.777. The van der Waals surface area contributed by atoms with Gasteiger partial charge in [0.25, 0.3) is 0 Å². The van der Waals surface area contributed by atoms with Crippen molar-refractivity contribution in [1.82, 2.24) is 10.9 Å². The Kier molecular flexibility index (Phi) is 2.30. The zero-order valence-corrected chi connectivity index (χ0v) is 6.76. The van der Waals surface area contributed by atoms with Crippen LogP contribution in [0.4, 0.5) is 0 Å². The van der Waals surface area contributed by atoms with Crippen molar-refractivity contribution in [2.45, 2.75) is 20.3 Å². The van der Waals surface area contributed by atoms with Gasteiger partial charge in [0.05, 0.1) is 0 Å².